The molecule has 0 aromatic heterocycles. The zero-order valence-electron chi connectivity index (χ0n) is 14.6. The number of carbonyl (C=O) groups excluding carboxylic acids is 1. The average molecular weight is 312 g/mol. The Bertz CT molecular complexity index is 353. The number of ether oxygens (including phenoxy) is 2. The maximum Gasteiger partial charge on any atom is 0.410 e. The summed E-state index contributed by atoms with van der Waals surface area (Å²) in [5.41, 5.74) is -0.422. The minimum absolute atomic E-state index is 0.202. The highest BCUT2D eigenvalue weighted by molar-refractivity contribution is 5.68. The van der Waals surface area contributed by atoms with Crippen molar-refractivity contribution >= 4 is 6.09 Å². The minimum atomic E-state index is -0.422. The number of nitrogens with zero attached hydrogens (tertiary/aromatic N) is 1. The summed E-state index contributed by atoms with van der Waals surface area (Å²) in [5.74, 6) is 0.885. The standard InChI is InChI=1S/C17H32N2O3/c1-13-11-14(12-13)18-7-10-21-15-5-8-19(9-6-15)16(20)22-17(2,3)4/h13-15,18H,5-12H2,1-4H3. The van der Waals surface area contributed by atoms with E-state index in [0.717, 1.165) is 45.0 Å². The lowest BCUT2D eigenvalue weighted by Crippen LogP contribution is -2.44. The van der Waals surface area contributed by atoms with Crippen LogP contribution in [0.4, 0.5) is 4.79 Å². The lowest BCUT2D eigenvalue weighted by atomic mass is 9.82. The van der Waals surface area contributed by atoms with Crippen molar-refractivity contribution in [3.63, 3.8) is 0 Å². The second-order valence-electron chi connectivity index (χ2n) is 7.77. The van der Waals surface area contributed by atoms with E-state index >= 15 is 0 Å². The molecule has 1 saturated carbocycles. The molecular formula is C17H32N2O3. The Balaban J connectivity index is 1.54. The van der Waals surface area contributed by atoms with Crippen LogP contribution in [0.25, 0.3) is 0 Å². The number of nitrogens with one attached hydrogen (secondary N) is 1. The van der Waals surface area contributed by atoms with Gasteiger partial charge in [0, 0.05) is 25.7 Å². The van der Waals surface area contributed by atoms with Crippen LogP contribution in [0.3, 0.4) is 0 Å². The van der Waals surface area contributed by atoms with Crippen molar-refractivity contribution in [1.29, 1.82) is 0 Å². The molecule has 5 nitrogen and oxygen atoms in total. The van der Waals surface area contributed by atoms with Crippen molar-refractivity contribution in [1.82, 2.24) is 10.2 Å². The molecule has 0 spiro atoms. The number of amides is 1. The highest BCUT2D eigenvalue weighted by Crippen LogP contribution is 2.26. The number of rotatable bonds is 5. The summed E-state index contributed by atoms with van der Waals surface area (Å²) < 4.78 is 11.3. The third-order valence-corrected chi connectivity index (χ3v) is 4.36. The van der Waals surface area contributed by atoms with Gasteiger partial charge in [-0.3, -0.25) is 0 Å². The first-order valence-electron chi connectivity index (χ1n) is 8.66. The molecule has 1 amide bonds. The maximum absolute atomic E-state index is 12.0. The fraction of sp³-hybridized carbons (Fsp3) is 0.941. The van der Waals surface area contributed by atoms with E-state index in [9.17, 15) is 4.79 Å². The predicted molar refractivity (Wildman–Crippen MR) is 87.0 cm³/mol. The summed E-state index contributed by atoms with van der Waals surface area (Å²) in [4.78, 5) is 13.8. The lowest BCUT2D eigenvalue weighted by molar-refractivity contribution is -0.0113. The Kier molecular flexibility index (Phi) is 6.09. The van der Waals surface area contributed by atoms with Crippen LogP contribution in [0.15, 0.2) is 0 Å². The number of piperidine rings is 1. The Morgan fingerprint density at radius 1 is 1.23 bits per heavy atom. The second-order valence-corrected chi connectivity index (χ2v) is 7.77. The van der Waals surface area contributed by atoms with Crippen LogP contribution < -0.4 is 5.32 Å². The fourth-order valence-electron chi connectivity index (χ4n) is 3.09. The number of hydrogen-bond donors (Lipinski definition) is 1. The van der Waals surface area contributed by atoms with Gasteiger partial charge in [-0.2, -0.15) is 0 Å². The van der Waals surface area contributed by atoms with E-state index in [4.69, 9.17) is 9.47 Å². The molecular weight excluding hydrogens is 280 g/mol. The van der Waals surface area contributed by atoms with Crippen molar-refractivity contribution in [3.05, 3.63) is 0 Å². The molecule has 0 radical (unpaired) electrons. The highest BCUT2D eigenvalue weighted by Gasteiger charge is 2.27. The first-order valence-corrected chi connectivity index (χ1v) is 8.66. The van der Waals surface area contributed by atoms with E-state index < -0.39 is 5.60 Å². The quantitative estimate of drug-likeness (QED) is 0.793. The Morgan fingerprint density at radius 3 is 2.41 bits per heavy atom. The fourth-order valence-corrected chi connectivity index (χ4v) is 3.09. The third kappa shape index (κ3) is 5.76. The summed E-state index contributed by atoms with van der Waals surface area (Å²) in [6, 6.07) is 0.701. The van der Waals surface area contributed by atoms with Crippen LogP contribution in [0.1, 0.15) is 53.4 Å². The molecule has 1 saturated heterocycles. The van der Waals surface area contributed by atoms with Crippen molar-refractivity contribution in [3.8, 4) is 0 Å². The van der Waals surface area contributed by atoms with E-state index in [2.05, 4.69) is 12.2 Å². The van der Waals surface area contributed by atoms with Crippen molar-refractivity contribution < 1.29 is 14.3 Å². The molecule has 5 heteroatoms. The molecule has 0 unspecified atom stereocenters. The zero-order chi connectivity index (χ0) is 16.2. The van der Waals surface area contributed by atoms with Gasteiger partial charge in [-0.1, -0.05) is 6.92 Å². The first-order chi connectivity index (χ1) is 10.3. The lowest BCUT2D eigenvalue weighted by Gasteiger charge is -2.34. The van der Waals surface area contributed by atoms with E-state index in [1.165, 1.54) is 12.8 Å². The van der Waals surface area contributed by atoms with Crippen molar-refractivity contribution in [2.24, 2.45) is 5.92 Å². The molecule has 128 valence electrons. The summed E-state index contributed by atoms with van der Waals surface area (Å²) >= 11 is 0. The summed E-state index contributed by atoms with van der Waals surface area (Å²) in [7, 11) is 0. The molecule has 22 heavy (non-hydrogen) atoms. The van der Waals surface area contributed by atoms with Crippen LogP contribution in [-0.4, -0.2) is 55.0 Å². The van der Waals surface area contributed by atoms with Gasteiger partial charge in [0.25, 0.3) is 0 Å². The molecule has 1 N–H and O–H groups in total. The van der Waals surface area contributed by atoms with Crippen LogP contribution >= 0.6 is 0 Å². The van der Waals surface area contributed by atoms with Gasteiger partial charge in [0.05, 0.1) is 12.7 Å². The molecule has 0 bridgehead atoms. The molecule has 1 heterocycles. The molecule has 0 atom stereocenters. The third-order valence-electron chi connectivity index (χ3n) is 4.36. The van der Waals surface area contributed by atoms with Crippen LogP contribution in [0.2, 0.25) is 0 Å². The molecule has 0 aromatic carbocycles. The van der Waals surface area contributed by atoms with E-state index in [1.54, 1.807) is 4.90 Å². The summed E-state index contributed by atoms with van der Waals surface area (Å²) in [6.45, 7) is 11.2. The topological polar surface area (TPSA) is 50.8 Å². The zero-order valence-corrected chi connectivity index (χ0v) is 14.6. The highest BCUT2D eigenvalue weighted by atomic mass is 16.6. The van der Waals surface area contributed by atoms with Crippen LogP contribution in [-0.2, 0) is 9.47 Å². The normalized spacial score (nSPS) is 26.6. The molecule has 1 aliphatic heterocycles. The Morgan fingerprint density at radius 2 is 1.86 bits per heavy atom. The summed E-state index contributed by atoms with van der Waals surface area (Å²) in [5, 5.41) is 3.53. The van der Waals surface area contributed by atoms with E-state index in [0.29, 0.717) is 6.04 Å². The van der Waals surface area contributed by atoms with Gasteiger partial charge < -0.3 is 19.7 Å². The first kappa shape index (κ1) is 17.5. The number of likely N-dealkylation sites (tertiary alicyclic amines) is 1. The van der Waals surface area contributed by atoms with Gasteiger partial charge in [-0.25, -0.2) is 4.79 Å². The minimum Gasteiger partial charge on any atom is -0.444 e. The van der Waals surface area contributed by atoms with Gasteiger partial charge in [0.2, 0.25) is 0 Å². The Hall–Kier alpha value is -0.810. The molecule has 0 aromatic rings. The Labute approximate surface area is 134 Å². The van der Waals surface area contributed by atoms with Crippen LogP contribution in [0, 0.1) is 5.92 Å². The van der Waals surface area contributed by atoms with Gasteiger partial charge in [-0.05, 0) is 52.4 Å². The monoisotopic (exact) mass is 312 g/mol. The van der Waals surface area contributed by atoms with Crippen molar-refractivity contribution in [2.75, 3.05) is 26.2 Å². The maximum atomic E-state index is 12.0. The molecule has 2 fully saturated rings. The SMILES string of the molecule is CC1CC(NCCOC2CCN(C(=O)OC(C)(C)C)CC2)C1. The van der Waals surface area contributed by atoms with Gasteiger partial charge in [-0.15, -0.1) is 0 Å². The molecule has 2 aliphatic rings. The molecule has 1 aliphatic carbocycles. The molecule has 2 rings (SSSR count). The van der Waals surface area contributed by atoms with Gasteiger partial charge in [0.1, 0.15) is 5.60 Å². The average Bonchev–Trinajstić information content (AvgIpc) is 2.40. The number of carbonyl (C=O) groups is 1. The van der Waals surface area contributed by atoms with Gasteiger partial charge in [0.15, 0.2) is 0 Å². The predicted octanol–water partition coefficient (Wildman–Crippen LogP) is 2.79. The largest absolute Gasteiger partial charge is 0.444 e. The smallest absolute Gasteiger partial charge is 0.410 e. The summed E-state index contributed by atoms with van der Waals surface area (Å²) in [6.07, 6.45) is 4.48. The van der Waals surface area contributed by atoms with Crippen LogP contribution in [0.5, 0.6) is 0 Å². The van der Waals surface area contributed by atoms with Gasteiger partial charge >= 0.3 is 6.09 Å². The number of hydrogen-bond acceptors (Lipinski definition) is 4. The van der Waals surface area contributed by atoms with E-state index in [1.807, 2.05) is 20.8 Å². The van der Waals surface area contributed by atoms with Crippen molar-refractivity contribution in [2.45, 2.75) is 71.1 Å². The second kappa shape index (κ2) is 7.64. The van der Waals surface area contributed by atoms with E-state index in [-0.39, 0.29) is 12.2 Å².